The van der Waals surface area contributed by atoms with Crippen molar-refractivity contribution in [3.63, 3.8) is 0 Å². The summed E-state index contributed by atoms with van der Waals surface area (Å²) >= 11 is 0. The molecule has 3 aromatic rings. The fourth-order valence-corrected chi connectivity index (χ4v) is 4.16. The summed E-state index contributed by atoms with van der Waals surface area (Å²) in [5.41, 5.74) is 6.81. The Kier molecular flexibility index (Phi) is 3.24. The van der Waals surface area contributed by atoms with Gasteiger partial charge < -0.3 is 4.74 Å². The maximum absolute atomic E-state index is 12.7. The van der Waals surface area contributed by atoms with Crippen LogP contribution in [0, 0.1) is 0 Å². The zero-order valence-corrected chi connectivity index (χ0v) is 13.9. The highest BCUT2D eigenvalue weighted by atomic mass is 16.5. The minimum Gasteiger partial charge on any atom is -0.457 e. The van der Waals surface area contributed by atoms with Gasteiger partial charge in [0.05, 0.1) is 5.56 Å². The van der Waals surface area contributed by atoms with E-state index in [0.717, 1.165) is 36.0 Å². The Morgan fingerprint density at radius 3 is 2.80 bits per heavy atom. The van der Waals surface area contributed by atoms with Crippen molar-refractivity contribution in [1.29, 1.82) is 0 Å². The predicted octanol–water partition coefficient (Wildman–Crippen LogP) is 4.86. The smallest absolute Gasteiger partial charge is 0.338 e. The number of esters is 1. The van der Waals surface area contributed by atoms with E-state index in [1.54, 1.807) is 0 Å². The lowest BCUT2D eigenvalue weighted by Crippen LogP contribution is -2.09. The molecular formula is C23H18O2. The SMILES string of the molecule is O=C(OCc1cccc2c1C=CC2)c1ccc2cccc3c2c1CC3. The Labute approximate surface area is 146 Å². The van der Waals surface area contributed by atoms with Crippen LogP contribution < -0.4 is 0 Å². The Hall–Kier alpha value is -2.87. The topological polar surface area (TPSA) is 26.3 Å². The third-order valence-corrected chi connectivity index (χ3v) is 5.37. The number of allylic oxidation sites excluding steroid dienone is 1. The molecule has 0 aromatic heterocycles. The number of carbonyl (C=O) groups is 1. The fourth-order valence-electron chi connectivity index (χ4n) is 4.16. The van der Waals surface area contributed by atoms with Crippen molar-refractivity contribution < 1.29 is 9.53 Å². The van der Waals surface area contributed by atoms with Crippen molar-refractivity contribution in [1.82, 2.24) is 0 Å². The van der Waals surface area contributed by atoms with Gasteiger partial charge in [-0.05, 0) is 63.9 Å². The number of fused-ring (bicyclic) bond motifs is 1. The second-order valence-corrected chi connectivity index (χ2v) is 6.78. The minimum atomic E-state index is -0.215. The summed E-state index contributed by atoms with van der Waals surface area (Å²) in [5, 5.41) is 2.47. The second-order valence-electron chi connectivity index (χ2n) is 6.78. The van der Waals surface area contributed by atoms with Crippen LogP contribution in [-0.4, -0.2) is 5.97 Å². The minimum absolute atomic E-state index is 0.215. The first-order valence-corrected chi connectivity index (χ1v) is 8.79. The molecule has 3 aromatic carbocycles. The Bertz CT molecular complexity index is 1040. The highest BCUT2D eigenvalue weighted by molar-refractivity contribution is 6.01. The molecule has 0 atom stereocenters. The summed E-state index contributed by atoms with van der Waals surface area (Å²) in [4.78, 5) is 12.7. The van der Waals surface area contributed by atoms with Crippen LogP contribution in [0.1, 0.15) is 38.2 Å². The van der Waals surface area contributed by atoms with Crippen molar-refractivity contribution in [3.8, 4) is 0 Å². The summed E-state index contributed by atoms with van der Waals surface area (Å²) in [6, 6.07) is 16.5. The largest absolute Gasteiger partial charge is 0.457 e. The first kappa shape index (κ1) is 14.5. The molecule has 2 nitrogen and oxygen atoms in total. The van der Waals surface area contributed by atoms with E-state index in [1.807, 2.05) is 24.3 Å². The van der Waals surface area contributed by atoms with Crippen molar-refractivity contribution in [2.75, 3.05) is 0 Å². The zero-order valence-electron chi connectivity index (χ0n) is 13.9. The number of hydrogen-bond acceptors (Lipinski definition) is 2. The number of hydrogen-bond donors (Lipinski definition) is 0. The lowest BCUT2D eigenvalue weighted by Gasteiger charge is -2.11. The summed E-state index contributed by atoms with van der Waals surface area (Å²) in [5.74, 6) is -0.215. The van der Waals surface area contributed by atoms with Crippen molar-refractivity contribution in [3.05, 3.63) is 88.0 Å². The number of benzene rings is 3. The fraction of sp³-hybridized carbons (Fsp3) is 0.174. The zero-order chi connectivity index (χ0) is 16.8. The summed E-state index contributed by atoms with van der Waals surface area (Å²) in [6.07, 6.45) is 7.18. The van der Waals surface area contributed by atoms with E-state index in [9.17, 15) is 4.79 Å². The predicted molar refractivity (Wildman–Crippen MR) is 99.7 cm³/mol. The monoisotopic (exact) mass is 326 g/mol. The summed E-state index contributed by atoms with van der Waals surface area (Å²) in [6.45, 7) is 0.325. The van der Waals surface area contributed by atoms with Gasteiger partial charge in [-0.1, -0.05) is 54.6 Å². The van der Waals surface area contributed by atoms with Crippen LogP contribution >= 0.6 is 0 Å². The van der Waals surface area contributed by atoms with Gasteiger partial charge in [0.2, 0.25) is 0 Å². The van der Waals surface area contributed by atoms with Gasteiger partial charge in [0.1, 0.15) is 6.61 Å². The molecule has 0 spiro atoms. The third kappa shape index (κ3) is 2.29. The van der Waals surface area contributed by atoms with E-state index in [4.69, 9.17) is 4.74 Å². The maximum Gasteiger partial charge on any atom is 0.338 e. The first-order valence-electron chi connectivity index (χ1n) is 8.79. The lowest BCUT2D eigenvalue weighted by molar-refractivity contribution is 0.0471. The van der Waals surface area contributed by atoms with Gasteiger partial charge in [-0.25, -0.2) is 4.79 Å². The molecule has 0 bridgehead atoms. The Morgan fingerprint density at radius 1 is 0.960 bits per heavy atom. The highest BCUT2D eigenvalue weighted by Crippen LogP contribution is 2.33. The van der Waals surface area contributed by atoms with Crippen molar-refractivity contribution >= 4 is 22.8 Å². The average Bonchev–Trinajstić information content (AvgIpc) is 3.29. The van der Waals surface area contributed by atoms with E-state index < -0.39 is 0 Å². The van der Waals surface area contributed by atoms with Gasteiger partial charge in [-0.15, -0.1) is 0 Å². The standard InChI is InChI=1S/C23H18O2/c24-23(25-14-18-8-1-4-15-5-3-9-19(15)18)21-13-11-17-7-2-6-16-10-12-20(21)22(16)17/h1-4,6-9,11,13H,5,10,12,14H2. The molecule has 0 aliphatic heterocycles. The normalized spacial score (nSPS) is 14.1. The number of aryl methyl sites for hydroxylation is 2. The Balaban J connectivity index is 1.44. The van der Waals surface area contributed by atoms with E-state index in [-0.39, 0.29) is 5.97 Å². The molecule has 0 saturated heterocycles. The highest BCUT2D eigenvalue weighted by Gasteiger charge is 2.22. The molecule has 0 fully saturated rings. The lowest BCUT2D eigenvalue weighted by atomic mass is 10.00. The first-order chi connectivity index (χ1) is 12.3. The van der Waals surface area contributed by atoms with Crippen LogP contribution in [0.3, 0.4) is 0 Å². The summed E-state index contributed by atoms with van der Waals surface area (Å²) in [7, 11) is 0. The van der Waals surface area contributed by atoms with Gasteiger partial charge in [-0.3, -0.25) is 0 Å². The Morgan fingerprint density at radius 2 is 1.84 bits per heavy atom. The molecular weight excluding hydrogens is 308 g/mol. The quantitative estimate of drug-likeness (QED) is 0.642. The molecule has 0 saturated carbocycles. The molecule has 122 valence electrons. The molecule has 0 amide bonds. The molecule has 0 unspecified atom stereocenters. The molecule has 0 heterocycles. The van der Waals surface area contributed by atoms with E-state index in [1.165, 1.54) is 27.5 Å². The van der Waals surface area contributed by atoms with Gasteiger partial charge >= 0.3 is 5.97 Å². The number of ether oxygens (including phenoxy) is 1. The van der Waals surface area contributed by atoms with E-state index in [2.05, 4.69) is 36.4 Å². The molecule has 2 heteroatoms. The van der Waals surface area contributed by atoms with E-state index in [0.29, 0.717) is 6.61 Å². The maximum atomic E-state index is 12.7. The van der Waals surface area contributed by atoms with Crippen LogP contribution in [0.5, 0.6) is 0 Å². The van der Waals surface area contributed by atoms with Crippen LogP contribution in [0.2, 0.25) is 0 Å². The van der Waals surface area contributed by atoms with Gasteiger partial charge in [0.25, 0.3) is 0 Å². The third-order valence-electron chi connectivity index (χ3n) is 5.37. The number of carbonyl (C=O) groups excluding carboxylic acids is 1. The molecule has 0 radical (unpaired) electrons. The summed E-state index contributed by atoms with van der Waals surface area (Å²) < 4.78 is 5.68. The molecule has 2 aliphatic carbocycles. The van der Waals surface area contributed by atoms with Crippen LogP contribution in [0.15, 0.2) is 54.6 Å². The van der Waals surface area contributed by atoms with Gasteiger partial charge in [-0.2, -0.15) is 0 Å². The van der Waals surface area contributed by atoms with Crippen molar-refractivity contribution in [2.24, 2.45) is 0 Å². The molecule has 5 rings (SSSR count). The van der Waals surface area contributed by atoms with Gasteiger partial charge in [0.15, 0.2) is 0 Å². The van der Waals surface area contributed by atoms with Crippen LogP contribution in [0.4, 0.5) is 0 Å². The molecule has 25 heavy (non-hydrogen) atoms. The van der Waals surface area contributed by atoms with E-state index >= 15 is 0 Å². The molecule has 0 N–H and O–H groups in total. The van der Waals surface area contributed by atoms with Gasteiger partial charge in [0, 0.05) is 0 Å². The van der Waals surface area contributed by atoms with Crippen molar-refractivity contribution in [2.45, 2.75) is 25.9 Å². The average molecular weight is 326 g/mol. The second kappa shape index (κ2) is 5.59. The van der Waals surface area contributed by atoms with Crippen LogP contribution in [-0.2, 0) is 30.6 Å². The number of rotatable bonds is 3. The van der Waals surface area contributed by atoms with Crippen LogP contribution in [0.25, 0.3) is 16.8 Å². The molecule has 2 aliphatic rings.